The van der Waals surface area contributed by atoms with Crippen molar-refractivity contribution in [3.05, 3.63) is 46.2 Å². The van der Waals surface area contributed by atoms with Crippen LogP contribution in [0, 0.1) is 0 Å². The molecule has 2 aromatic rings. The monoisotopic (exact) mass is 319 g/mol. The predicted molar refractivity (Wildman–Crippen MR) is 64.2 cm³/mol. The van der Waals surface area contributed by atoms with Gasteiger partial charge in [-0.2, -0.15) is 18.3 Å². The molecule has 2 N–H and O–H groups in total. The van der Waals surface area contributed by atoms with Crippen LogP contribution in [0.25, 0.3) is 5.69 Å². The summed E-state index contributed by atoms with van der Waals surface area (Å²) in [6, 6.07) is 4.77. The minimum absolute atomic E-state index is 0.258. The van der Waals surface area contributed by atoms with Crippen molar-refractivity contribution in [3.8, 4) is 5.69 Å². The van der Waals surface area contributed by atoms with Gasteiger partial charge in [-0.1, -0.05) is 0 Å². The fourth-order valence-electron chi connectivity index (χ4n) is 1.46. The van der Waals surface area contributed by atoms with E-state index in [1.165, 1.54) is 16.8 Å². The summed E-state index contributed by atoms with van der Waals surface area (Å²) in [5.74, 6) is 0. The van der Waals surface area contributed by atoms with Gasteiger partial charge in [0.25, 0.3) is 0 Å². The van der Waals surface area contributed by atoms with Crippen molar-refractivity contribution < 1.29 is 13.2 Å². The molecule has 1 aromatic carbocycles. The van der Waals surface area contributed by atoms with Crippen LogP contribution in [-0.2, 0) is 12.7 Å². The van der Waals surface area contributed by atoms with Crippen molar-refractivity contribution in [1.82, 2.24) is 9.78 Å². The van der Waals surface area contributed by atoms with E-state index in [9.17, 15) is 13.2 Å². The van der Waals surface area contributed by atoms with Crippen molar-refractivity contribution in [2.75, 3.05) is 0 Å². The van der Waals surface area contributed by atoms with Crippen molar-refractivity contribution >= 4 is 15.9 Å². The van der Waals surface area contributed by atoms with Crippen LogP contribution in [0.4, 0.5) is 13.2 Å². The van der Waals surface area contributed by atoms with Crippen LogP contribution in [0.5, 0.6) is 0 Å². The Morgan fingerprint density at radius 1 is 1.22 bits per heavy atom. The van der Waals surface area contributed by atoms with E-state index in [1.807, 2.05) is 0 Å². The number of hydrogen-bond acceptors (Lipinski definition) is 2. The fraction of sp³-hybridized carbons (Fsp3) is 0.182. The molecule has 0 radical (unpaired) electrons. The van der Waals surface area contributed by atoms with Gasteiger partial charge in [0.1, 0.15) is 0 Å². The average molecular weight is 320 g/mol. The third kappa shape index (κ3) is 2.56. The SMILES string of the molecule is NCc1nn(-c2ccc(C(F)(F)F)cc2)cc1Br. The van der Waals surface area contributed by atoms with Crippen LogP contribution < -0.4 is 5.73 Å². The van der Waals surface area contributed by atoms with Gasteiger partial charge in [0.15, 0.2) is 0 Å². The van der Waals surface area contributed by atoms with Gasteiger partial charge in [-0.15, -0.1) is 0 Å². The van der Waals surface area contributed by atoms with Crippen LogP contribution in [0.1, 0.15) is 11.3 Å². The fourth-order valence-corrected chi connectivity index (χ4v) is 1.90. The van der Waals surface area contributed by atoms with Crippen LogP contribution in [0.2, 0.25) is 0 Å². The first-order valence-corrected chi connectivity index (χ1v) is 5.83. The van der Waals surface area contributed by atoms with Gasteiger partial charge in [-0.05, 0) is 40.2 Å². The molecule has 0 aliphatic heterocycles. The van der Waals surface area contributed by atoms with Gasteiger partial charge >= 0.3 is 6.18 Å². The molecule has 7 heteroatoms. The molecule has 1 heterocycles. The molecule has 3 nitrogen and oxygen atoms in total. The van der Waals surface area contributed by atoms with E-state index in [-0.39, 0.29) is 6.54 Å². The summed E-state index contributed by atoms with van der Waals surface area (Å²) in [7, 11) is 0. The number of halogens is 4. The molecular weight excluding hydrogens is 311 g/mol. The molecule has 0 amide bonds. The molecular formula is C11H9BrF3N3. The highest BCUT2D eigenvalue weighted by Gasteiger charge is 2.30. The predicted octanol–water partition coefficient (Wildman–Crippen LogP) is 3.11. The van der Waals surface area contributed by atoms with E-state index in [2.05, 4.69) is 21.0 Å². The van der Waals surface area contributed by atoms with E-state index in [4.69, 9.17) is 5.73 Å². The molecule has 0 unspecified atom stereocenters. The Balaban J connectivity index is 2.34. The second kappa shape index (κ2) is 4.74. The van der Waals surface area contributed by atoms with Gasteiger partial charge in [-0.25, -0.2) is 4.68 Å². The molecule has 0 saturated carbocycles. The zero-order valence-electron chi connectivity index (χ0n) is 9.08. The summed E-state index contributed by atoms with van der Waals surface area (Å²) in [6.45, 7) is 0.258. The van der Waals surface area contributed by atoms with Crippen LogP contribution in [-0.4, -0.2) is 9.78 Å². The standard InChI is InChI=1S/C11H9BrF3N3/c12-9-6-18(17-10(9)5-16)8-3-1-7(2-4-8)11(13,14)15/h1-4,6H,5,16H2. The second-order valence-corrected chi connectivity index (χ2v) is 4.47. The quantitative estimate of drug-likeness (QED) is 0.924. The Hall–Kier alpha value is -1.34. The number of alkyl halides is 3. The number of benzene rings is 1. The molecule has 0 bridgehead atoms. The highest BCUT2D eigenvalue weighted by molar-refractivity contribution is 9.10. The first kappa shape index (κ1) is 13.1. The summed E-state index contributed by atoms with van der Waals surface area (Å²) < 4.78 is 39.4. The van der Waals surface area contributed by atoms with E-state index in [1.54, 1.807) is 6.20 Å². The van der Waals surface area contributed by atoms with Crippen molar-refractivity contribution in [1.29, 1.82) is 0 Å². The lowest BCUT2D eigenvalue weighted by molar-refractivity contribution is -0.137. The highest BCUT2D eigenvalue weighted by atomic mass is 79.9. The molecule has 0 aliphatic carbocycles. The lowest BCUT2D eigenvalue weighted by Crippen LogP contribution is -2.05. The molecule has 2 rings (SSSR count). The molecule has 0 saturated heterocycles. The third-order valence-corrected chi connectivity index (χ3v) is 3.05. The number of aromatic nitrogens is 2. The van der Waals surface area contributed by atoms with Gasteiger partial charge < -0.3 is 5.73 Å². The van der Waals surface area contributed by atoms with E-state index < -0.39 is 11.7 Å². The molecule has 0 atom stereocenters. The first-order chi connectivity index (χ1) is 8.41. The van der Waals surface area contributed by atoms with Crippen LogP contribution in [0.3, 0.4) is 0 Å². The van der Waals surface area contributed by atoms with E-state index in [0.717, 1.165) is 16.6 Å². The normalized spacial score (nSPS) is 11.8. The first-order valence-electron chi connectivity index (χ1n) is 5.03. The Bertz CT molecular complexity index is 546. The zero-order valence-corrected chi connectivity index (χ0v) is 10.7. The Morgan fingerprint density at radius 3 is 2.28 bits per heavy atom. The Labute approximate surface area is 110 Å². The molecule has 96 valence electrons. The lowest BCUT2D eigenvalue weighted by Gasteiger charge is -2.07. The summed E-state index contributed by atoms with van der Waals surface area (Å²) in [6.07, 6.45) is -2.67. The minimum Gasteiger partial charge on any atom is -0.325 e. The molecule has 0 fully saturated rings. The van der Waals surface area contributed by atoms with E-state index in [0.29, 0.717) is 11.4 Å². The number of rotatable bonds is 2. The minimum atomic E-state index is -4.33. The van der Waals surface area contributed by atoms with Crippen LogP contribution in [0.15, 0.2) is 34.9 Å². The van der Waals surface area contributed by atoms with Crippen molar-refractivity contribution in [3.63, 3.8) is 0 Å². The highest BCUT2D eigenvalue weighted by Crippen LogP contribution is 2.29. The van der Waals surface area contributed by atoms with Crippen molar-refractivity contribution in [2.45, 2.75) is 12.7 Å². The Morgan fingerprint density at radius 2 is 1.83 bits per heavy atom. The summed E-state index contributed by atoms with van der Waals surface area (Å²) in [5.41, 5.74) is 5.98. The number of nitrogens with two attached hydrogens (primary N) is 1. The topological polar surface area (TPSA) is 43.8 Å². The molecule has 1 aromatic heterocycles. The smallest absolute Gasteiger partial charge is 0.325 e. The summed E-state index contributed by atoms with van der Waals surface area (Å²) in [4.78, 5) is 0. The molecule has 0 aliphatic rings. The van der Waals surface area contributed by atoms with Gasteiger partial charge in [0.2, 0.25) is 0 Å². The maximum absolute atomic E-state index is 12.4. The maximum atomic E-state index is 12.4. The zero-order chi connectivity index (χ0) is 13.3. The van der Waals surface area contributed by atoms with Gasteiger partial charge in [-0.3, -0.25) is 0 Å². The van der Waals surface area contributed by atoms with E-state index >= 15 is 0 Å². The maximum Gasteiger partial charge on any atom is 0.416 e. The van der Waals surface area contributed by atoms with Crippen LogP contribution >= 0.6 is 15.9 Å². The van der Waals surface area contributed by atoms with Gasteiger partial charge in [0.05, 0.1) is 21.4 Å². The molecule has 0 spiro atoms. The number of nitrogens with zero attached hydrogens (tertiary/aromatic N) is 2. The number of hydrogen-bond donors (Lipinski definition) is 1. The Kier molecular flexibility index (Phi) is 3.45. The average Bonchev–Trinajstić information content (AvgIpc) is 2.69. The van der Waals surface area contributed by atoms with Gasteiger partial charge in [0, 0.05) is 12.7 Å². The lowest BCUT2D eigenvalue weighted by atomic mass is 10.2. The largest absolute Gasteiger partial charge is 0.416 e. The summed E-state index contributed by atoms with van der Waals surface area (Å²) >= 11 is 3.28. The molecule has 18 heavy (non-hydrogen) atoms. The second-order valence-electron chi connectivity index (χ2n) is 3.62. The van der Waals surface area contributed by atoms with Crippen molar-refractivity contribution in [2.24, 2.45) is 5.73 Å². The third-order valence-electron chi connectivity index (χ3n) is 2.39. The summed E-state index contributed by atoms with van der Waals surface area (Å²) in [5, 5.41) is 4.15.